The van der Waals surface area contributed by atoms with Crippen molar-refractivity contribution in [3.8, 4) is 12.3 Å². The minimum Gasteiger partial charge on any atom is -0.465 e. The monoisotopic (exact) mass is 477 g/mol. The van der Waals surface area contributed by atoms with Crippen LogP contribution in [-0.4, -0.2) is 64.4 Å². The van der Waals surface area contributed by atoms with Crippen molar-refractivity contribution in [2.75, 3.05) is 26.3 Å². The molecule has 35 heavy (non-hydrogen) atoms. The van der Waals surface area contributed by atoms with Crippen molar-refractivity contribution in [1.29, 1.82) is 0 Å². The van der Waals surface area contributed by atoms with E-state index in [1.807, 2.05) is 23.1 Å². The molecule has 0 unspecified atom stereocenters. The molecule has 3 saturated carbocycles. The van der Waals surface area contributed by atoms with Crippen molar-refractivity contribution < 1.29 is 23.8 Å². The summed E-state index contributed by atoms with van der Waals surface area (Å²) in [7, 11) is 0. The lowest BCUT2D eigenvalue weighted by atomic mass is 9.43. The van der Waals surface area contributed by atoms with Gasteiger partial charge in [0.05, 0.1) is 18.2 Å². The molecule has 0 saturated heterocycles. The van der Waals surface area contributed by atoms with E-state index in [2.05, 4.69) is 17.3 Å². The van der Waals surface area contributed by atoms with Gasteiger partial charge >= 0.3 is 12.1 Å². The van der Waals surface area contributed by atoms with E-state index in [4.69, 9.17) is 11.2 Å². The molecule has 182 valence electrons. The summed E-state index contributed by atoms with van der Waals surface area (Å²) in [6.07, 6.45) is 6.67. The summed E-state index contributed by atoms with van der Waals surface area (Å²) >= 11 is 0. The van der Waals surface area contributed by atoms with E-state index in [0.29, 0.717) is 25.8 Å². The number of fused-ring (bicyclic) bond motifs is 1. The van der Waals surface area contributed by atoms with Gasteiger partial charge in [0, 0.05) is 18.6 Å². The van der Waals surface area contributed by atoms with E-state index >= 15 is 0 Å². The summed E-state index contributed by atoms with van der Waals surface area (Å²) in [6.45, 7) is 1.18. The van der Waals surface area contributed by atoms with Crippen molar-refractivity contribution in [2.45, 2.75) is 42.8 Å². The maximum atomic E-state index is 13.6. The third-order valence-electron chi connectivity index (χ3n) is 7.55. The summed E-state index contributed by atoms with van der Waals surface area (Å²) in [5, 5.41) is 12.9. The maximum Gasteiger partial charge on any atom is 0.407 e. The number of benzene rings is 2. The maximum absolute atomic E-state index is 13.6. The van der Waals surface area contributed by atoms with Gasteiger partial charge in [-0.05, 0) is 54.5 Å². The van der Waals surface area contributed by atoms with Gasteiger partial charge in [-0.25, -0.2) is 14.0 Å². The van der Waals surface area contributed by atoms with Crippen molar-refractivity contribution in [3.63, 3.8) is 0 Å². The van der Waals surface area contributed by atoms with Crippen LogP contribution in [0.25, 0.3) is 0 Å². The fourth-order valence-electron chi connectivity index (χ4n) is 6.06. The normalized spacial score (nSPS) is 25.9. The fraction of sp³-hybridized carbons (Fsp3) is 0.407. The zero-order valence-corrected chi connectivity index (χ0v) is 19.4. The van der Waals surface area contributed by atoms with E-state index in [0.717, 1.165) is 17.5 Å². The molecule has 6 rings (SSSR count). The first kappa shape index (κ1) is 23.2. The van der Waals surface area contributed by atoms with Gasteiger partial charge in [-0.1, -0.05) is 42.3 Å². The van der Waals surface area contributed by atoms with Crippen molar-refractivity contribution in [3.05, 3.63) is 71.0 Å². The summed E-state index contributed by atoms with van der Waals surface area (Å²) < 4.78 is 18.9. The molecule has 7 nitrogen and oxygen atoms in total. The van der Waals surface area contributed by atoms with Gasteiger partial charge in [-0.15, -0.1) is 6.42 Å². The molecule has 3 aliphatic carbocycles. The quantitative estimate of drug-likeness (QED) is 0.470. The van der Waals surface area contributed by atoms with Crippen LogP contribution in [0.5, 0.6) is 0 Å². The molecule has 0 spiro atoms. The van der Waals surface area contributed by atoms with Crippen LogP contribution in [0.2, 0.25) is 0 Å². The Morgan fingerprint density at radius 2 is 1.91 bits per heavy atom. The molecule has 4 aliphatic rings. The Labute approximate surface area is 203 Å². The van der Waals surface area contributed by atoms with Gasteiger partial charge in [0.25, 0.3) is 0 Å². The molecule has 2 N–H and O–H groups in total. The van der Waals surface area contributed by atoms with Crippen LogP contribution in [0.1, 0.15) is 42.0 Å². The number of terminal acetylenes is 1. The lowest BCUT2D eigenvalue weighted by molar-refractivity contribution is -0.163. The molecule has 1 heterocycles. The molecule has 3 fully saturated rings. The number of hydrogen-bond donors (Lipinski definition) is 2. The highest BCUT2D eigenvalue weighted by Crippen LogP contribution is 2.63. The molecule has 2 aromatic rings. The number of urea groups is 1. The molecule has 0 radical (unpaired) electrons. The van der Waals surface area contributed by atoms with Gasteiger partial charge in [-0.3, -0.25) is 0 Å². The zero-order valence-electron chi connectivity index (χ0n) is 19.4. The number of halogens is 1. The van der Waals surface area contributed by atoms with Gasteiger partial charge < -0.3 is 25.0 Å². The molecule has 0 aromatic heterocycles. The predicted octanol–water partition coefficient (Wildman–Crippen LogP) is 3.79. The van der Waals surface area contributed by atoms with Crippen LogP contribution < -0.4 is 5.32 Å². The van der Waals surface area contributed by atoms with E-state index in [-0.39, 0.29) is 37.6 Å². The zero-order chi connectivity index (χ0) is 24.6. The first-order valence-corrected chi connectivity index (χ1v) is 11.8. The molecular weight excluding hydrogens is 449 g/mol. The number of nitrogens with one attached hydrogen (secondary N) is 1. The molecule has 2 aromatic carbocycles. The van der Waals surface area contributed by atoms with Gasteiger partial charge in [0.2, 0.25) is 0 Å². The number of carbonyl (C=O) groups excluding carboxylic acids is 1. The number of nitrogens with zero attached hydrogens (tertiary/aromatic N) is 2. The third kappa shape index (κ3) is 4.10. The number of ether oxygens (including phenoxy) is 1. The number of carboxylic acid groups (broad SMARTS) is 1. The van der Waals surface area contributed by atoms with Crippen LogP contribution in [0.3, 0.4) is 0 Å². The second-order valence-corrected chi connectivity index (χ2v) is 9.75. The van der Waals surface area contributed by atoms with Crippen molar-refractivity contribution >= 4 is 12.1 Å². The first-order valence-electron chi connectivity index (χ1n) is 11.8. The Morgan fingerprint density at radius 1 is 1.20 bits per heavy atom. The highest BCUT2D eigenvalue weighted by atomic mass is 19.1. The van der Waals surface area contributed by atoms with E-state index in [9.17, 15) is 19.1 Å². The number of carbonyl (C=O) groups is 2. The van der Waals surface area contributed by atoms with Gasteiger partial charge in [0.1, 0.15) is 12.4 Å². The Hall–Kier alpha value is -3.57. The minimum atomic E-state index is -0.988. The number of amides is 3. The highest BCUT2D eigenvalue weighted by Gasteiger charge is 2.72. The minimum absolute atomic E-state index is 0.147. The average molecular weight is 478 g/mol. The lowest BCUT2D eigenvalue weighted by Crippen LogP contribution is -2.84. The van der Waals surface area contributed by atoms with E-state index in [1.54, 1.807) is 12.1 Å². The molecule has 8 heteroatoms. The van der Waals surface area contributed by atoms with Crippen LogP contribution >= 0.6 is 0 Å². The Balaban J connectivity index is 1.28. The van der Waals surface area contributed by atoms with Crippen LogP contribution in [0.15, 0.2) is 48.5 Å². The SMILES string of the molecule is C#CCOCCN(C(=O)O)C12CC(NC(=O)N3CCc4ccccc4[C@@H]3c3ccc(F)cc3)(C1)C2. The lowest BCUT2D eigenvalue weighted by Gasteiger charge is -2.73. The summed E-state index contributed by atoms with van der Waals surface area (Å²) in [6, 6.07) is 13.8. The topological polar surface area (TPSA) is 82.1 Å². The molecule has 2 bridgehead atoms. The van der Waals surface area contributed by atoms with E-state index in [1.165, 1.54) is 22.6 Å². The third-order valence-corrected chi connectivity index (χ3v) is 7.55. The Kier molecular flexibility index (Phi) is 5.89. The highest BCUT2D eigenvalue weighted by molar-refractivity contribution is 5.78. The first-order chi connectivity index (χ1) is 16.9. The smallest absolute Gasteiger partial charge is 0.407 e. The Bertz CT molecular complexity index is 1160. The predicted molar refractivity (Wildman–Crippen MR) is 127 cm³/mol. The summed E-state index contributed by atoms with van der Waals surface area (Å²) in [5.74, 6) is 2.05. The molecule has 1 aliphatic heterocycles. The fourth-order valence-corrected chi connectivity index (χ4v) is 6.06. The van der Waals surface area contributed by atoms with Crippen LogP contribution in [0, 0.1) is 18.2 Å². The van der Waals surface area contributed by atoms with Crippen molar-refractivity contribution in [2.24, 2.45) is 0 Å². The largest absolute Gasteiger partial charge is 0.465 e. The summed E-state index contributed by atoms with van der Waals surface area (Å²) in [5.41, 5.74) is 2.22. The second kappa shape index (κ2) is 8.90. The van der Waals surface area contributed by atoms with E-state index < -0.39 is 17.2 Å². The number of rotatable bonds is 7. The van der Waals surface area contributed by atoms with Gasteiger partial charge in [0.15, 0.2) is 0 Å². The second-order valence-electron chi connectivity index (χ2n) is 9.75. The summed E-state index contributed by atoms with van der Waals surface area (Å²) in [4.78, 5) is 28.6. The van der Waals surface area contributed by atoms with Crippen LogP contribution in [0.4, 0.5) is 14.0 Å². The van der Waals surface area contributed by atoms with Gasteiger partial charge in [-0.2, -0.15) is 0 Å². The average Bonchev–Trinajstić information content (AvgIpc) is 2.80. The standard InChI is InChI=1S/C27H28FN3O4/c1-2-14-35-15-13-31(25(33)34)27-16-26(17-27,18-27)29-24(32)30-12-11-19-5-3-4-6-22(19)23(30)20-7-9-21(28)10-8-20/h1,3-10,23H,11-18H2,(H,29,32)(H,33,34)/t23-,26?,27?/m0/s1. The van der Waals surface area contributed by atoms with Crippen molar-refractivity contribution in [1.82, 2.24) is 15.1 Å². The Morgan fingerprint density at radius 3 is 2.60 bits per heavy atom. The number of hydrogen-bond acceptors (Lipinski definition) is 3. The molecular formula is C27H28FN3O4. The molecule has 1 atom stereocenters. The molecule has 3 amide bonds. The van der Waals surface area contributed by atoms with Crippen LogP contribution in [-0.2, 0) is 11.2 Å².